The van der Waals surface area contributed by atoms with Crippen LogP contribution < -0.4 is 0 Å². The molecule has 0 bridgehead atoms. The van der Waals surface area contributed by atoms with Gasteiger partial charge in [0.25, 0.3) is 5.91 Å². The first-order chi connectivity index (χ1) is 12.0. The van der Waals surface area contributed by atoms with Crippen LogP contribution in [-0.2, 0) is 9.47 Å². The van der Waals surface area contributed by atoms with Gasteiger partial charge < -0.3 is 14.4 Å². The van der Waals surface area contributed by atoms with Crippen molar-refractivity contribution in [1.29, 1.82) is 0 Å². The van der Waals surface area contributed by atoms with Crippen LogP contribution in [0.15, 0.2) is 18.2 Å². The van der Waals surface area contributed by atoms with E-state index in [0.29, 0.717) is 37.7 Å². The number of rotatable bonds is 8. The monoisotopic (exact) mass is 346 g/mol. The summed E-state index contributed by atoms with van der Waals surface area (Å²) in [6, 6.07) is 6.04. The Morgan fingerprint density at radius 2 is 1.72 bits per heavy atom. The number of ether oxygens (including phenoxy) is 2. The zero-order valence-electron chi connectivity index (χ0n) is 15.6. The molecule has 7 heteroatoms. The number of amides is 1. The minimum Gasteiger partial charge on any atom is -0.383 e. The first-order valence-corrected chi connectivity index (χ1v) is 8.26. The lowest BCUT2D eigenvalue weighted by molar-refractivity contribution is 0.0620. The van der Waals surface area contributed by atoms with Crippen molar-refractivity contribution >= 4 is 5.91 Å². The molecule has 0 N–H and O–H groups in total. The van der Waals surface area contributed by atoms with Crippen molar-refractivity contribution in [1.82, 2.24) is 19.9 Å². The zero-order valence-corrected chi connectivity index (χ0v) is 15.6. The molecule has 2 aromatic rings. The molecule has 1 amide bonds. The summed E-state index contributed by atoms with van der Waals surface area (Å²) in [4.78, 5) is 16.1. The Morgan fingerprint density at radius 3 is 2.28 bits per heavy atom. The van der Waals surface area contributed by atoms with Crippen molar-refractivity contribution in [3.63, 3.8) is 0 Å². The van der Waals surface area contributed by atoms with Gasteiger partial charge in [-0.15, -0.1) is 5.10 Å². The molecule has 0 radical (unpaired) electrons. The van der Waals surface area contributed by atoms with Gasteiger partial charge in [0.15, 0.2) is 5.69 Å². The summed E-state index contributed by atoms with van der Waals surface area (Å²) in [7, 11) is 3.22. The Kier molecular flexibility index (Phi) is 6.66. The number of hydrogen-bond donors (Lipinski definition) is 0. The van der Waals surface area contributed by atoms with E-state index in [-0.39, 0.29) is 5.91 Å². The van der Waals surface area contributed by atoms with Crippen LogP contribution in [0, 0.1) is 20.8 Å². The number of nitrogens with zero attached hydrogens (tertiary/aromatic N) is 4. The van der Waals surface area contributed by atoms with E-state index in [2.05, 4.69) is 16.3 Å². The van der Waals surface area contributed by atoms with Gasteiger partial charge in [-0.3, -0.25) is 4.79 Å². The van der Waals surface area contributed by atoms with Crippen LogP contribution in [0.2, 0.25) is 0 Å². The second kappa shape index (κ2) is 8.73. The third kappa shape index (κ3) is 4.64. The van der Waals surface area contributed by atoms with Crippen molar-refractivity contribution in [3.8, 4) is 5.69 Å². The van der Waals surface area contributed by atoms with Crippen LogP contribution in [0.1, 0.15) is 27.3 Å². The summed E-state index contributed by atoms with van der Waals surface area (Å²) >= 11 is 0. The summed E-state index contributed by atoms with van der Waals surface area (Å²) < 4.78 is 10.2. The minimum absolute atomic E-state index is 0.164. The lowest BCUT2D eigenvalue weighted by Gasteiger charge is -2.21. The second-order valence-electron chi connectivity index (χ2n) is 5.99. The lowest BCUT2D eigenvalue weighted by Crippen LogP contribution is -2.37. The number of carbonyl (C=O) groups excluding carboxylic acids is 1. The van der Waals surface area contributed by atoms with E-state index >= 15 is 0 Å². The molecule has 0 atom stereocenters. The largest absolute Gasteiger partial charge is 0.383 e. The first kappa shape index (κ1) is 19.1. The number of methoxy groups -OCH3 is 2. The molecule has 25 heavy (non-hydrogen) atoms. The molecule has 0 unspecified atom stereocenters. The molecule has 0 saturated carbocycles. The van der Waals surface area contributed by atoms with Crippen molar-refractivity contribution in [2.24, 2.45) is 0 Å². The molecule has 0 aliphatic rings. The Labute approximate surface area is 148 Å². The third-order valence-corrected chi connectivity index (χ3v) is 3.97. The summed E-state index contributed by atoms with van der Waals surface area (Å²) in [5.41, 5.74) is 4.06. The van der Waals surface area contributed by atoms with Crippen molar-refractivity contribution in [3.05, 3.63) is 40.7 Å². The van der Waals surface area contributed by atoms with Gasteiger partial charge in [0.05, 0.1) is 24.6 Å². The first-order valence-electron chi connectivity index (χ1n) is 8.26. The number of carbonyl (C=O) groups is 1. The maximum Gasteiger partial charge on any atom is 0.276 e. The molecule has 0 spiro atoms. The number of benzene rings is 1. The molecule has 7 nitrogen and oxygen atoms in total. The minimum atomic E-state index is -0.164. The molecule has 2 rings (SSSR count). The fourth-order valence-corrected chi connectivity index (χ4v) is 2.58. The van der Waals surface area contributed by atoms with Crippen molar-refractivity contribution in [2.45, 2.75) is 20.8 Å². The lowest BCUT2D eigenvalue weighted by atomic mass is 10.1. The van der Waals surface area contributed by atoms with Gasteiger partial charge in [-0.1, -0.05) is 17.7 Å². The topological polar surface area (TPSA) is 69.5 Å². The number of hydrogen-bond acceptors (Lipinski definition) is 5. The fraction of sp³-hybridized carbons (Fsp3) is 0.500. The van der Waals surface area contributed by atoms with Gasteiger partial charge in [-0.05, 0) is 32.4 Å². The standard InChI is InChI=1S/C18H26N4O3/c1-13-6-7-16(14(2)12-13)22-19-15(3)17(20-22)18(23)21(8-10-24-4)9-11-25-5/h6-7,12H,8-11H2,1-5H3. The van der Waals surface area contributed by atoms with Crippen molar-refractivity contribution in [2.75, 3.05) is 40.5 Å². The van der Waals surface area contributed by atoms with Gasteiger partial charge >= 0.3 is 0 Å². The predicted molar refractivity (Wildman–Crippen MR) is 95.2 cm³/mol. The van der Waals surface area contributed by atoms with Crippen molar-refractivity contribution < 1.29 is 14.3 Å². The van der Waals surface area contributed by atoms with Gasteiger partial charge in [-0.2, -0.15) is 9.90 Å². The molecule has 0 fully saturated rings. The van der Waals surface area contributed by atoms with Crippen LogP contribution in [0.3, 0.4) is 0 Å². The Hall–Kier alpha value is -2.25. The second-order valence-corrected chi connectivity index (χ2v) is 5.99. The van der Waals surface area contributed by atoms with Crippen LogP contribution >= 0.6 is 0 Å². The summed E-state index contributed by atoms with van der Waals surface area (Å²) in [6.45, 7) is 7.72. The highest BCUT2D eigenvalue weighted by Gasteiger charge is 2.22. The Balaban J connectivity index is 2.28. The molecule has 0 saturated heterocycles. The Morgan fingerprint density at radius 1 is 1.08 bits per heavy atom. The van der Waals surface area contributed by atoms with E-state index in [1.807, 2.05) is 26.0 Å². The van der Waals surface area contributed by atoms with Crippen LogP contribution in [0.25, 0.3) is 5.69 Å². The smallest absolute Gasteiger partial charge is 0.276 e. The van der Waals surface area contributed by atoms with Crippen LogP contribution in [0.4, 0.5) is 0 Å². The highest BCUT2D eigenvalue weighted by molar-refractivity contribution is 5.93. The molecule has 1 heterocycles. The quantitative estimate of drug-likeness (QED) is 0.730. The molecule has 1 aromatic heterocycles. The molecule has 0 aliphatic carbocycles. The normalized spacial score (nSPS) is 10.9. The average molecular weight is 346 g/mol. The predicted octanol–water partition coefficient (Wildman–Crippen LogP) is 1.93. The summed E-state index contributed by atoms with van der Waals surface area (Å²) in [5.74, 6) is -0.164. The van der Waals surface area contributed by atoms with Gasteiger partial charge in [0, 0.05) is 27.3 Å². The van der Waals surface area contributed by atoms with Gasteiger partial charge in [0.1, 0.15) is 0 Å². The molecular formula is C18H26N4O3. The summed E-state index contributed by atoms with van der Waals surface area (Å²) in [5, 5.41) is 8.87. The van der Waals surface area contributed by atoms with E-state index in [0.717, 1.165) is 11.3 Å². The van der Waals surface area contributed by atoms with E-state index < -0.39 is 0 Å². The van der Waals surface area contributed by atoms with Gasteiger partial charge in [-0.25, -0.2) is 0 Å². The van der Waals surface area contributed by atoms with Gasteiger partial charge in [0.2, 0.25) is 0 Å². The zero-order chi connectivity index (χ0) is 18.4. The Bertz CT molecular complexity index is 719. The van der Waals surface area contributed by atoms with E-state index in [4.69, 9.17) is 9.47 Å². The molecular weight excluding hydrogens is 320 g/mol. The highest BCUT2D eigenvalue weighted by Crippen LogP contribution is 2.16. The maximum atomic E-state index is 12.9. The van der Waals surface area contributed by atoms with Crippen LogP contribution in [-0.4, -0.2) is 66.3 Å². The SMILES string of the molecule is COCCN(CCOC)C(=O)c1nn(-c2ccc(C)cc2C)nc1C. The number of aromatic nitrogens is 3. The summed E-state index contributed by atoms with van der Waals surface area (Å²) in [6.07, 6.45) is 0. The fourth-order valence-electron chi connectivity index (χ4n) is 2.58. The molecule has 136 valence electrons. The van der Waals surface area contributed by atoms with E-state index in [1.165, 1.54) is 10.4 Å². The van der Waals surface area contributed by atoms with E-state index in [9.17, 15) is 4.79 Å². The number of aryl methyl sites for hydroxylation is 3. The van der Waals surface area contributed by atoms with E-state index in [1.54, 1.807) is 26.0 Å². The third-order valence-electron chi connectivity index (χ3n) is 3.97. The maximum absolute atomic E-state index is 12.9. The molecule has 1 aromatic carbocycles. The molecule has 0 aliphatic heterocycles. The van der Waals surface area contributed by atoms with Crippen LogP contribution in [0.5, 0.6) is 0 Å². The average Bonchev–Trinajstić information content (AvgIpc) is 2.96. The highest BCUT2D eigenvalue weighted by atomic mass is 16.5.